The lowest BCUT2D eigenvalue weighted by Crippen LogP contribution is -2.50. The van der Waals surface area contributed by atoms with Crippen LogP contribution >= 0.6 is 0 Å². The van der Waals surface area contributed by atoms with Gasteiger partial charge in [0.15, 0.2) is 0 Å². The van der Waals surface area contributed by atoms with Crippen molar-refractivity contribution in [3.05, 3.63) is 71.5 Å². The summed E-state index contributed by atoms with van der Waals surface area (Å²) in [5, 5.41) is 0. The molecule has 0 atom stereocenters. The molecule has 2 aromatic rings. The SMILES string of the molecule is O=C(CCc1ccccc1)N1CCN(C(=O)c2ccc(F)cc2)CC1. The van der Waals surface area contributed by atoms with E-state index in [-0.39, 0.29) is 17.6 Å². The van der Waals surface area contributed by atoms with Crippen LogP contribution in [-0.4, -0.2) is 47.8 Å². The van der Waals surface area contributed by atoms with Crippen LogP contribution in [0.5, 0.6) is 0 Å². The van der Waals surface area contributed by atoms with Crippen LogP contribution in [0.3, 0.4) is 0 Å². The molecule has 1 aliphatic rings. The first kappa shape index (κ1) is 17.1. The summed E-state index contributed by atoms with van der Waals surface area (Å²) in [6, 6.07) is 15.5. The molecule has 130 valence electrons. The number of halogens is 1. The van der Waals surface area contributed by atoms with Gasteiger partial charge in [-0.1, -0.05) is 30.3 Å². The predicted molar refractivity (Wildman–Crippen MR) is 93.6 cm³/mol. The van der Waals surface area contributed by atoms with Gasteiger partial charge in [0, 0.05) is 38.2 Å². The maximum absolute atomic E-state index is 13.0. The number of rotatable bonds is 4. The molecule has 0 radical (unpaired) electrons. The monoisotopic (exact) mass is 340 g/mol. The molecule has 0 N–H and O–H groups in total. The zero-order valence-corrected chi connectivity index (χ0v) is 14.0. The highest BCUT2D eigenvalue weighted by atomic mass is 19.1. The van der Waals surface area contributed by atoms with Gasteiger partial charge < -0.3 is 9.80 Å². The first-order valence-electron chi connectivity index (χ1n) is 8.50. The van der Waals surface area contributed by atoms with E-state index in [4.69, 9.17) is 0 Å². The second-order valence-corrected chi connectivity index (χ2v) is 6.17. The van der Waals surface area contributed by atoms with Crippen molar-refractivity contribution in [2.24, 2.45) is 0 Å². The Kier molecular flexibility index (Phi) is 5.43. The van der Waals surface area contributed by atoms with Crippen molar-refractivity contribution in [3.8, 4) is 0 Å². The maximum atomic E-state index is 13.0. The second-order valence-electron chi connectivity index (χ2n) is 6.17. The van der Waals surface area contributed by atoms with E-state index in [0.717, 1.165) is 12.0 Å². The van der Waals surface area contributed by atoms with Gasteiger partial charge in [0.05, 0.1) is 0 Å². The van der Waals surface area contributed by atoms with E-state index in [1.54, 1.807) is 4.90 Å². The Morgan fingerprint density at radius 3 is 2.08 bits per heavy atom. The van der Waals surface area contributed by atoms with Crippen LogP contribution in [0, 0.1) is 5.82 Å². The van der Waals surface area contributed by atoms with Crippen LogP contribution in [0.4, 0.5) is 4.39 Å². The van der Waals surface area contributed by atoms with Crippen molar-refractivity contribution in [1.29, 1.82) is 0 Å². The Morgan fingerprint density at radius 1 is 0.840 bits per heavy atom. The molecule has 1 fully saturated rings. The third kappa shape index (κ3) is 4.44. The Morgan fingerprint density at radius 2 is 1.44 bits per heavy atom. The highest BCUT2D eigenvalue weighted by Crippen LogP contribution is 2.12. The molecular weight excluding hydrogens is 319 g/mol. The summed E-state index contributed by atoms with van der Waals surface area (Å²) in [6.45, 7) is 2.10. The second kappa shape index (κ2) is 7.92. The third-order valence-corrected chi connectivity index (χ3v) is 4.48. The van der Waals surface area contributed by atoms with Crippen LogP contribution in [0.15, 0.2) is 54.6 Å². The normalized spacial score (nSPS) is 14.4. The van der Waals surface area contributed by atoms with Crippen molar-refractivity contribution in [1.82, 2.24) is 9.80 Å². The number of hydrogen-bond acceptors (Lipinski definition) is 2. The molecule has 25 heavy (non-hydrogen) atoms. The quantitative estimate of drug-likeness (QED) is 0.859. The summed E-state index contributed by atoms with van der Waals surface area (Å²) in [4.78, 5) is 28.3. The number of carbonyl (C=O) groups is 2. The average molecular weight is 340 g/mol. The first-order valence-corrected chi connectivity index (χ1v) is 8.50. The van der Waals surface area contributed by atoms with Gasteiger partial charge in [0.25, 0.3) is 5.91 Å². The topological polar surface area (TPSA) is 40.6 Å². The number of piperazine rings is 1. The van der Waals surface area contributed by atoms with E-state index in [1.165, 1.54) is 24.3 Å². The van der Waals surface area contributed by atoms with Gasteiger partial charge in [-0.2, -0.15) is 0 Å². The summed E-state index contributed by atoms with van der Waals surface area (Å²) in [5.41, 5.74) is 1.63. The molecular formula is C20H21FN2O2. The molecule has 0 aromatic heterocycles. The summed E-state index contributed by atoms with van der Waals surface area (Å²) in [7, 11) is 0. The van der Waals surface area contributed by atoms with E-state index >= 15 is 0 Å². The largest absolute Gasteiger partial charge is 0.339 e. The number of benzene rings is 2. The standard InChI is InChI=1S/C20H21FN2O2/c21-18-9-7-17(8-10-18)20(25)23-14-12-22(13-15-23)19(24)11-6-16-4-2-1-3-5-16/h1-5,7-10H,6,11-15H2. The molecule has 1 saturated heterocycles. The summed E-state index contributed by atoms with van der Waals surface area (Å²) in [5.74, 6) is -0.348. The number of aryl methyl sites for hydroxylation is 1. The summed E-state index contributed by atoms with van der Waals surface area (Å²) < 4.78 is 13.0. The van der Waals surface area contributed by atoms with Gasteiger partial charge in [0.1, 0.15) is 5.82 Å². The minimum atomic E-state index is -0.356. The number of carbonyl (C=O) groups excluding carboxylic acids is 2. The van der Waals surface area contributed by atoms with E-state index in [1.807, 2.05) is 35.2 Å². The molecule has 5 heteroatoms. The maximum Gasteiger partial charge on any atom is 0.253 e. The molecule has 2 aromatic carbocycles. The van der Waals surface area contributed by atoms with E-state index in [2.05, 4.69) is 0 Å². The molecule has 0 aliphatic carbocycles. The zero-order chi connectivity index (χ0) is 17.6. The Bertz CT molecular complexity index is 723. The minimum Gasteiger partial charge on any atom is -0.339 e. The van der Waals surface area contributed by atoms with E-state index in [0.29, 0.717) is 38.2 Å². The van der Waals surface area contributed by atoms with Gasteiger partial charge in [-0.25, -0.2) is 4.39 Å². The van der Waals surface area contributed by atoms with Gasteiger partial charge >= 0.3 is 0 Å². The van der Waals surface area contributed by atoms with Crippen molar-refractivity contribution in [3.63, 3.8) is 0 Å². The molecule has 2 amide bonds. The van der Waals surface area contributed by atoms with Gasteiger partial charge in [-0.15, -0.1) is 0 Å². The van der Waals surface area contributed by atoms with Crippen molar-refractivity contribution >= 4 is 11.8 Å². The van der Waals surface area contributed by atoms with Crippen LogP contribution in [-0.2, 0) is 11.2 Å². The van der Waals surface area contributed by atoms with Gasteiger partial charge in [-0.05, 0) is 36.2 Å². The summed E-state index contributed by atoms with van der Waals surface area (Å²) in [6.07, 6.45) is 1.21. The third-order valence-electron chi connectivity index (χ3n) is 4.48. The Labute approximate surface area is 146 Å². The van der Waals surface area contributed by atoms with Crippen LogP contribution in [0.1, 0.15) is 22.3 Å². The van der Waals surface area contributed by atoms with Gasteiger partial charge in [0.2, 0.25) is 5.91 Å². The Hall–Kier alpha value is -2.69. The van der Waals surface area contributed by atoms with Crippen molar-refractivity contribution in [2.75, 3.05) is 26.2 Å². The fourth-order valence-corrected chi connectivity index (χ4v) is 2.99. The fraction of sp³-hybridized carbons (Fsp3) is 0.300. The summed E-state index contributed by atoms with van der Waals surface area (Å²) >= 11 is 0. The fourth-order valence-electron chi connectivity index (χ4n) is 2.99. The molecule has 3 rings (SSSR count). The molecule has 4 nitrogen and oxygen atoms in total. The average Bonchev–Trinajstić information content (AvgIpc) is 2.67. The lowest BCUT2D eigenvalue weighted by Gasteiger charge is -2.35. The number of nitrogens with zero attached hydrogens (tertiary/aromatic N) is 2. The van der Waals surface area contributed by atoms with Gasteiger partial charge in [-0.3, -0.25) is 9.59 Å². The van der Waals surface area contributed by atoms with Crippen LogP contribution in [0.2, 0.25) is 0 Å². The molecule has 1 aliphatic heterocycles. The van der Waals surface area contributed by atoms with Crippen LogP contribution < -0.4 is 0 Å². The number of amides is 2. The molecule has 0 saturated carbocycles. The molecule has 0 spiro atoms. The van der Waals surface area contributed by atoms with E-state index < -0.39 is 0 Å². The number of hydrogen-bond donors (Lipinski definition) is 0. The first-order chi connectivity index (χ1) is 12.1. The lowest BCUT2D eigenvalue weighted by atomic mass is 10.1. The van der Waals surface area contributed by atoms with Crippen molar-refractivity contribution < 1.29 is 14.0 Å². The highest BCUT2D eigenvalue weighted by molar-refractivity contribution is 5.94. The Balaban J connectivity index is 1.48. The minimum absolute atomic E-state index is 0.114. The molecule has 1 heterocycles. The smallest absolute Gasteiger partial charge is 0.253 e. The van der Waals surface area contributed by atoms with E-state index in [9.17, 15) is 14.0 Å². The van der Waals surface area contributed by atoms with Crippen molar-refractivity contribution in [2.45, 2.75) is 12.8 Å². The zero-order valence-electron chi connectivity index (χ0n) is 14.0. The van der Waals surface area contributed by atoms with Crippen LogP contribution in [0.25, 0.3) is 0 Å². The predicted octanol–water partition coefficient (Wildman–Crippen LogP) is 2.74. The molecule has 0 unspecified atom stereocenters. The molecule has 0 bridgehead atoms. The highest BCUT2D eigenvalue weighted by Gasteiger charge is 2.24. The lowest BCUT2D eigenvalue weighted by molar-refractivity contribution is -0.132.